The van der Waals surface area contributed by atoms with Crippen LogP contribution in [-0.4, -0.2) is 79.1 Å². The summed E-state index contributed by atoms with van der Waals surface area (Å²) in [6.45, 7) is 6.62. The second-order valence-corrected chi connectivity index (χ2v) is 7.62. The van der Waals surface area contributed by atoms with E-state index >= 15 is 0 Å². The normalized spacial score (nSPS) is 17.1. The molecule has 1 saturated heterocycles. The Labute approximate surface area is 216 Å². The van der Waals surface area contributed by atoms with Crippen molar-refractivity contribution in [2.24, 2.45) is 0 Å². The van der Waals surface area contributed by atoms with Crippen LogP contribution < -0.4 is 0 Å². The highest BCUT2D eigenvalue weighted by Gasteiger charge is 2.93. The first-order valence-electron chi connectivity index (χ1n) is 9.96. The van der Waals surface area contributed by atoms with Crippen molar-refractivity contribution < 1.29 is 98.4 Å². The van der Waals surface area contributed by atoms with Crippen LogP contribution in [0.3, 0.4) is 0 Å². The molecule has 0 aromatic rings. The second kappa shape index (κ2) is 12.2. The van der Waals surface area contributed by atoms with Crippen LogP contribution in [0.25, 0.3) is 0 Å². The number of ether oxygens (including phenoxy) is 3. The molecule has 0 aromatic heterocycles. The molecule has 0 saturated carbocycles. The van der Waals surface area contributed by atoms with E-state index in [-0.39, 0.29) is 12.1 Å². The standard InChI is InChI=1S/C13H7F17O2.C6H8O3/c1-2-5(31)32-13(29,30)12(27,28)11(25,26)10(23,24)9(21,22)8(19,20)6(14,15)3-4-7(16,17)18;1-2-6(7)9-4-5-3-8-5/h2H,1,3-4H2;2,5H,1,3-4H2. The summed E-state index contributed by atoms with van der Waals surface area (Å²) in [4.78, 5) is 20.8. The number of epoxide rings is 1. The summed E-state index contributed by atoms with van der Waals surface area (Å²) < 4.78 is 233. The topological polar surface area (TPSA) is 65.1 Å². The quantitative estimate of drug-likeness (QED) is 0.0981. The van der Waals surface area contributed by atoms with Gasteiger partial charge in [0.2, 0.25) is 0 Å². The van der Waals surface area contributed by atoms with Crippen molar-refractivity contribution in [2.45, 2.75) is 66.8 Å². The first-order valence-corrected chi connectivity index (χ1v) is 9.96. The van der Waals surface area contributed by atoms with Gasteiger partial charge in [-0.25, -0.2) is 9.59 Å². The molecule has 0 bridgehead atoms. The van der Waals surface area contributed by atoms with Gasteiger partial charge in [0.25, 0.3) is 0 Å². The van der Waals surface area contributed by atoms with E-state index in [1.54, 1.807) is 0 Å². The third kappa shape index (κ3) is 8.15. The van der Waals surface area contributed by atoms with Gasteiger partial charge in [0, 0.05) is 25.0 Å². The molecule has 1 heterocycles. The fraction of sp³-hybridized carbons (Fsp3) is 0.684. The van der Waals surface area contributed by atoms with Crippen LogP contribution >= 0.6 is 0 Å². The van der Waals surface area contributed by atoms with Crippen LogP contribution in [0.2, 0.25) is 0 Å². The maximum absolute atomic E-state index is 13.4. The molecule has 0 amide bonds. The van der Waals surface area contributed by atoms with E-state index < -0.39 is 72.7 Å². The van der Waals surface area contributed by atoms with E-state index in [1.165, 1.54) is 0 Å². The van der Waals surface area contributed by atoms with Gasteiger partial charge in [-0.2, -0.15) is 74.6 Å². The van der Waals surface area contributed by atoms with Gasteiger partial charge >= 0.3 is 59.8 Å². The predicted octanol–water partition coefficient (Wildman–Crippen LogP) is 6.58. The van der Waals surface area contributed by atoms with Crippen LogP contribution in [0, 0.1) is 0 Å². The first kappa shape index (κ1) is 38.2. The lowest BCUT2D eigenvalue weighted by atomic mass is 9.89. The molecule has 0 radical (unpaired) electrons. The molecule has 5 nitrogen and oxygen atoms in total. The summed E-state index contributed by atoms with van der Waals surface area (Å²) in [7, 11) is 0. The minimum atomic E-state index is -8.49. The minimum Gasteiger partial charge on any atom is -0.460 e. The van der Waals surface area contributed by atoms with Gasteiger partial charge in [-0.3, -0.25) is 0 Å². The van der Waals surface area contributed by atoms with Crippen molar-refractivity contribution in [1.29, 1.82) is 0 Å². The average molecular weight is 646 g/mol. The minimum absolute atomic E-state index is 0.147. The second-order valence-electron chi connectivity index (χ2n) is 7.62. The SMILES string of the molecule is C=CC(=O)OC(F)(F)C(F)(F)C(F)(F)C(F)(F)C(F)(F)C(F)(F)C(F)(F)CCC(F)(F)F.C=CC(=O)OCC1CO1. The number of hydrogen-bond donors (Lipinski definition) is 0. The van der Waals surface area contributed by atoms with Crippen molar-refractivity contribution in [1.82, 2.24) is 0 Å². The van der Waals surface area contributed by atoms with Gasteiger partial charge in [0.05, 0.1) is 6.61 Å². The van der Waals surface area contributed by atoms with Crippen LogP contribution in [0.5, 0.6) is 0 Å². The Balaban J connectivity index is 0.00000149. The van der Waals surface area contributed by atoms with Gasteiger partial charge in [-0.15, -0.1) is 0 Å². The molecule has 41 heavy (non-hydrogen) atoms. The highest BCUT2D eigenvalue weighted by Crippen LogP contribution is 2.62. The highest BCUT2D eigenvalue weighted by atomic mass is 19.4. The Morgan fingerprint density at radius 3 is 1.41 bits per heavy atom. The lowest BCUT2D eigenvalue weighted by molar-refractivity contribution is -0.461. The maximum Gasteiger partial charge on any atom is 0.473 e. The smallest absolute Gasteiger partial charge is 0.460 e. The lowest BCUT2D eigenvalue weighted by Crippen LogP contribution is -2.73. The lowest BCUT2D eigenvalue weighted by Gasteiger charge is -2.42. The monoisotopic (exact) mass is 646 g/mol. The van der Waals surface area contributed by atoms with E-state index in [0.29, 0.717) is 13.2 Å². The molecule has 1 rings (SSSR count). The van der Waals surface area contributed by atoms with Gasteiger partial charge in [-0.05, 0) is 0 Å². The first-order chi connectivity index (χ1) is 18.0. The Morgan fingerprint density at radius 1 is 0.659 bits per heavy atom. The number of carbonyl (C=O) groups excluding carboxylic acids is 2. The van der Waals surface area contributed by atoms with Crippen LogP contribution in [0.4, 0.5) is 74.6 Å². The van der Waals surface area contributed by atoms with Gasteiger partial charge in [-0.1, -0.05) is 13.2 Å². The zero-order valence-corrected chi connectivity index (χ0v) is 19.4. The van der Waals surface area contributed by atoms with Crippen molar-refractivity contribution in [3.63, 3.8) is 0 Å². The van der Waals surface area contributed by atoms with E-state index in [9.17, 15) is 84.2 Å². The molecule has 1 unspecified atom stereocenters. The molecule has 1 fully saturated rings. The van der Waals surface area contributed by atoms with Crippen molar-refractivity contribution in [2.75, 3.05) is 13.2 Å². The molecule has 1 aliphatic rings. The number of carbonyl (C=O) groups is 2. The number of esters is 2. The van der Waals surface area contributed by atoms with Gasteiger partial charge in [0.1, 0.15) is 12.7 Å². The van der Waals surface area contributed by atoms with E-state index in [4.69, 9.17) is 4.74 Å². The molecule has 0 aromatic carbocycles. The molecular formula is C19H15F17O5. The molecular weight excluding hydrogens is 631 g/mol. The molecule has 0 aliphatic carbocycles. The van der Waals surface area contributed by atoms with Crippen molar-refractivity contribution in [3.8, 4) is 0 Å². The number of alkyl halides is 17. The van der Waals surface area contributed by atoms with E-state index in [1.807, 2.05) is 0 Å². The van der Waals surface area contributed by atoms with E-state index in [0.717, 1.165) is 6.08 Å². The molecule has 240 valence electrons. The van der Waals surface area contributed by atoms with Gasteiger partial charge in [0.15, 0.2) is 0 Å². The fourth-order valence-electron chi connectivity index (χ4n) is 2.09. The summed E-state index contributed by atoms with van der Waals surface area (Å²) >= 11 is 0. The molecule has 0 spiro atoms. The van der Waals surface area contributed by atoms with Crippen LogP contribution in [0.15, 0.2) is 25.3 Å². The third-order valence-corrected chi connectivity index (χ3v) is 4.50. The zero-order chi connectivity index (χ0) is 33.1. The van der Waals surface area contributed by atoms with Crippen molar-refractivity contribution >= 4 is 11.9 Å². The Morgan fingerprint density at radius 2 is 1.05 bits per heavy atom. The fourth-order valence-corrected chi connectivity index (χ4v) is 2.09. The summed E-state index contributed by atoms with van der Waals surface area (Å²) in [5.41, 5.74) is 0. The third-order valence-electron chi connectivity index (χ3n) is 4.50. The van der Waals surface area contributed by atoms with Crippen LogP contribution in [-0.2, 0) is 23.8 Å². The van der Waals surface area contributed by atoms with Crippen LogP contribution in [0.1, 0.15) is 12.8 Å². The average Bonchev–Trinajstić information content (AvgIpc) is 3.64. The Hall–Kier alpha value is -2.81. The Kier molecular flexibility index (Phi) is 11.4. The van der Waals surface area contributed by atoms with E-state index in [2.05, 4.69) is 22.6 Å². The summed E-state index contributed by atoms with van der Waals surface area (Å²) in [5.74, 6) is -51.1. The summed E-state index contributed by atoms with van der Waals surface area (Å²) in [6, 6.07) is 0. The molecule has 1 aliphatic heterocycles. The summed E-state index contributed by atoms with van der Waals surface area (Å²) in [5, 5.41) is 0. The molecule has 0 N–H and O–H groups in total. The molecule has 22 heteroatoms. The molecule has 1 atom stereocenters. The predicted molar refractivity (Wildman–Crippen MR) is 97.1 cm³/mol. The maximum atomic E-state index is 13.4. The number of hydrogen-bond acceptors (Lipinski definition) is 5. The Bertz CT molecular complexity index is 954. The summed E-state index contributed by atoms with van der Waals surface area (Å²) in [6.07, 6.45) is -18.5. The largest absolute Gasteiger partial charge is 0.473 e. The number of halogens is 17. The van der Waals surface area contributed by atoms with Gasteiger partial charge < -0.3 is 14.2 Å². The number of rotatable bonds is 13. The highest BCUT2D eigenvalue weighted by molar-refractivity contribution is 5.81. The zero-order valence-electron chi connectivity index (χ0n) is 19.4. The van der Waals surface area contributed by atoms with Crippen molar-refractivity contribution in [3.05, 3.63) is 25.3 Å².